The molecule has 2 aromatic carbocycles. The molecule has 1 amide bonds. The zero-order valence-electron chi connectivity index (χ0n) is 20.2. The van der Waals surface area contributed by atoms with E-state index in [1.807, 2.05) is 24.3 Å². The van der Waals surface area contributed by atoms with Crippen molar-refractivity contribution in [2.75, 3.05) is 26.7 Å². The lowest BCUT2D eigenvalue weighted by molar-refractivity contribution is 0.00355. The Morgan fingerprint density at radius 2 is 1.76 bits per heavy atom. The number of carbonyl (C=O) groups is 1. The standard InChI is InChI=1S/C28H38N4O2/c1-29-26(33)22-10-12-24(13-11-22)34-25-17-28(20-31-27(19-32-28)14-6-3-7-15-27)23(18-30-25)16-21-8-4-2-5-9-21/h2,4-5,8-13,23,25,30-32H,3,6-7,14-20H2,1H3,(H,29,33). The number of amides is 1. The largest absolute Gasteiger partial charge is 0.475 e. The molecule has 0 radical (unpaired) electrons. The van der Waals surface area contributed by atoms with E-state index in [2.05, 4.69) is 51.6 Å². The van der Waals surface area contributed by atoms with Gasteiger partial charge in [0, 0.05) is 49.7 Å². The Bertz CT molecular complexity index is 946. The third kappa shape index (κ3) is 4.99. The van der Waals surface area contributed by atoms with Gasteiger partial charge in [-0.3, -0.25) is 10.1 Å². The number of hydrogen-bond acceptors (Lipinski definition) is 5. The Morgan fingerprint density at radius 1 is 1.00 bits per heavy atom. The summed E-state index contributed by atoms with van der Waals surface area (Å²) in [7, 11) is 1.65. The minimum absolute atomic E-state index is 0.0174. The van der Waals surface area contributed by atoms with Crippen molar-refractivity contribution < 1.29 is 9.53 Å². The highest BCUT2D eigenvalue weighted by atomic mass is 16.5. The van der Waals surface area contributed by atoms with E-state index in [1.54, 1.807) is 7.05 Å². The molecule has 6 nitrogen and oxygen atoms in total. The first-order chi connectivity index (χ1) is 16.6. The molecule has 3 aliphatic rings. The third-order valence-corrected chi connectivity index (χ3v) is 8.24. The lowest BCUT2D eigenvalue weighted by atomic mass is 9.70. The third-order valence-electron chi connectivity index (χ3n) is 8.24. The molecule has 2 saturated heterocycles. The number of piperazine rings is 1. The number of piperidine rings is 1. The van der Waals surface area contributed by atoms with Crippen molar-refractivity contribution in [3.8, 4) is 5.75 Å². The minimum Gasteiger partial charge on any atom is -0.475 e. The molecule has 2 spiro atoms. The van der Waals surface area contributed by atoms with E-state index in [9.17, 15) is 4.79 Å². The average Bonchev–Trinajstić information content (AvgIpc) is 2.89. The molecular formula is C28H38N4O2. The molecule has 3 unspecified atom stereocenters. The average molecular weight is 463 g/mol. The van der Waals surface area contributed by atoms with Crippen molar-refractivity contribution in [1.29, 1.82) is 0 Å². The fraction of sp³-hybridized carbons (Fsp3) is 0.536. The number of hydrogen-bond donors (Lipinski definition) is 4. The van der Waals surface area contributed by atoms with Crippen LogP contribution in [-0.2, 0) is 6.42 Å². The molecule has 5 rings (SSSR count). The highest BCUT2D eigenvalue weighted by Gasteiger charge is 2.49. The second-order valence-electron chi connectivity index (χ2n) is 10.4. The summed E-state index contributed by atoms with van der Waals surface area (Å²) in [6.45, 7) is 2.91. The molecule has 182 valence electrons. The van der Waals surface area contributed by atoms with Gasteiger partial charge in [0.05, 0.1) is 0 Å². The van der Waals surface area contributed by atoms with E-state index in [0.29, 0.717) is 11.5 Å². The van der Waals surface area contributed by atoms with Gasteiger partial charge in [-0.15, -0.1) is 0 Å². The van der Waals surface area contributed by atoms with Gasteiger partial charge in [0.1, 0.15) is 5.75 Å². The van der Waals surface area contributed by atoms with Crippen LogP contribution in [0.5, 0.6) is 5.75 Å². The molecule has 2 aliphatic heterocycles. The second kappa shape index (κ2) is 10.1. The number of carbonyl (C=O) groups excluding carboxylic acids is 1. The predicted octanol–water partition coefficient (Wildman–Crippen LogP) is 3.24. The summed E-state index contributed by atoms with van der Waals surface area (Å²) in [4.78, 5) is 11.9. The second-order valence-corrected chi connectivity index (χ2v) is 10.4. The lowest BCUT2D eigenvalue weighted by Crippen LogP contribution is -2.75. The van der Waals surface area contributed by atoms with Crippen molar-refractivity contribution in [2.45, 2.75) is 62.3 Å². The molecule has 3 atom stereocenters. The monoisotopic (exact) mass is 462 g/mol. The van der Waals surface area contributed by atoms with E-state index in [4.69, 9.17) is 4.74 Å². The first-order valence-electron chi connectivity index (χ1n) is 12.9. The van der Waals surface area contributed by atoms with E-state index in [-0.39, 0.29) is 23.2 Å². The fourth-order valence-electron chi connectivity index (χ4n) is 6.11. The van der Waals surface area contributed by atoms with E-state index in [0.717, 1.165) is 38.2 Å². The fourth-order valence-corrected chi connectivity index (χ4v) is 6.11. The maximum Gasteiger partial charge on any atom is 0.251 e. The number of rotatable bonds is 5. The van der Waals surface area contributed by atoms with Gasteiger partial charge in [-0.2, -0.15) is 0 Å². The molecule has 6 heteroatoms. The van der Waals surface area contributed by atoms with E-state index in [1.165, 1.54) is 37.7 Å². The smallest absolute Gasteiger partial charge is 0.251 e. The summed E-state index contributed by atoms with van der Waals surface area (Å²) < 4.78 is 6.38. The van der Waals surface area contributed by atoms with Crippen molar-refractivity contribution in [2.24, 2.45) is 5.92 Å². The van der Waals surface area contributed by atoms with Gasteiger partial charge in [-0.1, -0.05) is 49.6 Å². The molecule has 1 saturated carbocycles. The highest BCUT2D eigenvalue weighted by Crippen LogP contribution is 2.37. The van der Waals surface area contributed by atoms with Crippen molar-refractivity contribution in [3.05, 3.63) is 65.7 Å². The van der Waals surface area contributed by atoms with Crippen LogP contribution in [0.1, 0.15) is 54.4 Å². The van der Waals surface area contributed by atoms with Gasteiger partial charge in [-0.05, 0) is 55.0 Å². The van der Waals surface area contributed by atoms with Crippen LogP contribution in [0.3, 0.4) is 0 Å². The van der Waals surface area contributed by atoms with Crippen molar-refractivity contribution in [3.63, 3.8) is 0 Å². The summed E-state index contributed by atoms with van der Waals surface area (Å²) >= 11 is 0. The van der Waals surface area contributed by atoms with Crippen molar-refractivity contribution >= 4 is 5.91 Å². The molecule has 0 bridgehead atoms. The summed E-state index contributed by atoms with van der Waals surface area (Å²) in [5.74, 6) is 1.17. The van der Waals surface area contributed by atoms with Crippen LogP contribution in [0.15, 0.2) is 54.6 Å². The van der Waals surface area contributed by atoms with Crippen LogP contribution in [0.25, 0.3) is 0 Å². The van der Waals surface area contributed by atoms with Gasteiger partial charge >= 0.3 is 0 Å². The highest BCUT2D eigenvalue weighted by molar-refractivity contribution is 5.94. The summed E-state index contributed by atoms with van der Waals surface area (Å²) in [5, 5.41) is 14.4. The summed E-state index contributed by atoms with van der Waals surface area (Å²) in [5.41, 5.74) is 2.27. The maximum absolute atomic E-state index is 11.9. The van der Waals surface area contributed by atoms with Crippen LogP contribution >= 0.6 is 0 Å². The normalized spacial score (nSPS) is 28.5. The summed E-state index contributed by atoms with van der Waals surface area (Å²) in [6, 6.07) is 18.2. The van der Waals surface area contributed by atoms with Crippen molar-refractivity contribution in [1.82, 2.24) is 21.3 Å². The zero-order chi connectivity index (χ0) is 23.4. The van der Waals surface area contributed by atoms with Crippen LogP contribution in [0.2, 0.25) is 0 Å². The predicted molar refractivity (Wildman–Crippen MR) is 135 cm³/mol. The molecule has 2 heterocycles. The van der Waals surface area contributed by atoms with Gasteiger partial charge < -0.3 is 20.7 Å². The zero-order valence-corrected chi connectivity index (χ0v) is 20.2. The molecule has 2 aromatic rings. The lowest BCUT2D eigenvalue weighted by Gasteiger charge is -2.55. The number of benzene rings is 2. The van der Waals surface area contributed by atoms with Crippen LogP contribution < -0.4 is 26.0 Å². The topological polar surface area (TPSA) is 74.4 Å². The van der Waals surface area contributed by atoms with Gasteiger partial charge in [-0.25, -0.2) is 0 Å². The quantitative estimate of drug-likeness (QED) is 0.549. The van der Waals surface area contributed by atoms with Gasteiger partial charge in [0.2, 0.25) is 0 Å². The Labute approximate surface area is 203 Å². The Kier molecular flexibility index (Phi) is 6.91. The number of ether oxygens (including phenoxy) is 1. The van der Waals surface area contributed by atoms with Crippen LogP contribution in [-0.4, -0.2) is 49.9 Å². The van der Waals surface area contributed by atoms with Crippen LogP contribution in [0, 0.1) is 5.92 Å². The molecule has 4 N–H and O–H groups in total. The molecule has 1 aliphatic carbocycles. The Balaban J connectivity index is 1.31. The first kappa shape index (κ1) is 23.3. The SMILES string of the molecule is CNC(=O)c1ccc(OC2CC3(CNC4(CCCCC4)CN3)C(Cc3ccccc3)CN2)cc1. The van der Waals surface area contributed by atoms with E-state index >= 15 is 0 Å². The Morgan fingerprint density at radius 3 is 2.44 bits per heavy atom. The molecule has 3 fully saturated rings. The molecular weight excluding hydrogens is 424 g/mol. The van der Waals surface area contributed by atoms with Gasteiger partial charge in [0.25, 0.3) is 5.91 Å². The maximum atomic E-state index is 11.9. The Hall–Kier alpha value is -2.41. The molecule has 0 aromatic heterocycles. The molecule has 34 heavy (non-hydrogen) atoms. The first-order valence-corrected chi connectivity index (χ1v) is 12.9. The van der Waals surface area contributed by atoms with Gasteiger partial charge in [0.15, 0.2) is 6.23 Å². The number of nitrogens with one attached hydrogen (secondary N) is 4. The van der Waals surface area contributed by atoms with E-state index < -0.39 is 0 Å². The minimum atomic E-state index is -0.0841. The summed E-state index contributed by atoms with van der Waals surface area (Å²) in [6.07, 6.45) is 8.43. The van der Waals surface area contributed by atoms with Crippen LogP contribution in [0.4, 0.5) is 0 Å².